The van der Waals surface area contributed by atoms with Gasteiger partial charge in [-0.05, 0) is 68.5 Å². The Bertz CT molecular complexity index is 1130. The summed E-state index contributed by atoms with van der Waals surface area (Å²) in [6, 6.07) is 13.4. The van der Waals surface area contributed by atoms with Crippen molar-refractivity contribution in [3.05, 3.63) is 80.8 Å². The second-order valence-electron chi connectivity index (χ2n) is 7.66. The number of nitrogens with one attached hydrogen (secondary N) is 2. The van der Waals surface area contributed by atoms with Gasteiger partial charge in [0.05, 0.1) is 0 Å². The SMILES string of the molecule is CCc1cccc(C)c1NC(=O)Cn1c(Nc2cc(C)cc(C)c2)nc(C)cc1=O. The van der Waals surface area contributed by atoms with Crippen LogP contribution in [-0.4, -0.2) is 15.5 Å². The average molecular weight is 405 g/mol. The molecule has 0 radical (unpaired) electrons. The number of carbonyl (C=O) groups excluding carboxylic acids is 1. The number of hydrogen-bond acceptors (Lipinski definition) is 4. The van der Waals surface area contributed by atoms with E-state index in [0.29, 0.717) is 11.6 Å². The highest BCUT2D eigenvalue weighted by molar-refractivity contribution is 5.92. The molecular formula is C24H28N4O2. The molecule has 1 amide bonds. The van der Waals surface area contributed by atoms with Gasteiger partial charge >= 0.3 is 0 Å². The van der Waals surface area contributed by atoms with Crippen LogP contribution < -0.4 is 16.2 Å². The lowest BCUT2D eigenvalue weighted by Crippen LogP contribution is -2.30. The normalized spacial score (nSPS) is 10.7. The number of aryl methyl sites for hydroxylation is 5. The average Bonchev–Trinajstić information content (AvgIpc) is 2.65. The molecule has 3 aromatic rings. The number of amides is 1. The minimum absolute atomic E-state index is 0.128. The minimum atomic E-state index is -0.273. The zero-order chi connectivity index (χ0) is 21.8. The van der Waals surface area contributed by atoms with Gasteiger partial charge in [0, 0.05) is 23.1 Å². The summed E-state index contributed by atoms with van der Waals surface area (Å²) >= 11 is 0. The second-order valence-corrected chi connectivity index (χ2v) is 7.66. The number of rotatable bonds is 6. The number of nitrogens with zero attached hydrogens (tertiary/aromatic N) is 2. The Balaban J connectivity index is 1.91. The topological polar surface area (TPSA) is 76.0 Å². The summed E-state index contributed by atoms with van der Waals surface area (Å²) in [7, 11) is 0. The quantitative estimate of drug-likeness (QED) is 0.638. The Labute approximate surface area is 177 Å². The van der Waals surface area contributed by atoms with Crippen LogP contribution in [0.1, 0.15) is 34.9 Å². The first-order valence-corrected chi connectivity index (χ1v) is 10.1. The molecule has 6 heteroatoms. The summed E-state index contributed by atoms with van der Waals surface area (Å²) in [5, 5.41) is 6.19. The molecule has 0 aliphatic heterocycles. The highest BCUT2D eigenvalue weighted by atomic mass is 16.2. The molecule has 0 aliphatic carbocycles. The van der Waals surface area contributed by atoms with Crippen LogP contribution in [0.3, 0.4) is 0 Å². The van der Waals surface area contributed by atoms with Crippen LogP contribution in [0.5, 0.6) is 0 Å². The number of para-hydroxylation sites is 1. The third-order valence-corrected chi connectivity index (χ3v) is 4.92. The number of benzene rings is 2. The highest BCUT2D eigenvalue weighted by Gasteiger charge is 2.14. The molecule has 0 atom stereocenters. The molecule has 0 spiro atoms. The molecule has 156 valence electrons. The van der Waals surface area contributed by atoms with Crippen molar-refractivity contribution < 1.29 is 4.79 Å². The molecule has 1 heterocycles. The van der Waals surface area contributed by atoms with Gasteiger partial charge in [-0.15, -0.1) is 0 Å². The van der Waals surface area contributed by atoms with Gasteiger partial charge in [0.1, 0.15) is 6.54 Å². The van der Waals surface area contributed by atoms with Gasteiger partial charge in [-0.25, -0.2) is 4.98 Å². The molecule has 30 heavy (non-hydrogen) atoms. The molecule has 2 N–H and O–H groups in total. The molecule has 0 fully saturated rings. The lowest BCUT2D eigenvalue weighted by atomic mass is 10.1. The van der Waals surface area contributed by atoms with E-state index in [4.69, 9.17) is 0 Å². The Kier molecular flexibility index (Phi) is 6.35. The first-order chi connectivity index (χ1) is 14.3. The van der Waals surface area contributed by atoms with Crippen molar-refractivity contribution in [2.24, 2.45) is 0 Å². The van der Waals surface area contributed by atoms with Gasteiger partial charge < -0.3 is 10.6 Å². The predicted octanol–water partition coefficient (Wildman–Crippen LogP) is 4.42. The molecule has 2 aromatic carbocycles. The zero-order valence-corrected chi connectivity index (χ0v) is 18.2. The summed E-state index contributed by atoms with van der Waals surface area (Å²) < 4.78 is 1.36. The Morgan fingerprint density at radius 2 is 1.73 bits per heavy atom. The number of carbonyl (C=O) groups is 1. The summed E-state index contributed by atoms with van der Waals surface area (Å²) in [6.45, 7) is 9.66. The van der Waals surface area contributed by atoms with E-state index in [0.717, 1.165) is 40.0 Å². The highest BCUT2D eigenvalue weighted by Crippen LogP contribution is 2.22. The van der Waals surface area contributed by atoms with E-state index in [-0.39, 0.29) is 18.0 Å². The Hall–Kier alpha value is -3.41. The smallest absolute Gasteiger partial charge is 0.255 e. The Morgan fingerprint density at radius 1 is 1.03 bits per heavy atom. The summed E-state index contributed by atoms with van der Waals surface area (Å²) in [4.78, 5) is 30.0. The second kappa shape index (κ2) is 8.95. The number of anilines is 3. The van der Waals surface area contributed by atoms with Crippen LogP contribution in [0, 0.1) is 27.7 Å². The molecular weight excluding hydrogens is 376 g/mol. The van der Waals surface area contributed by atoms with E-state index in [1.54, 1.807) is 6.92 Å². The first kappa shape index (κ1) is 21.3. The molecule has 0 saturated carbocycles. The van der Waals surface area contributed by atoms with E-state index in [1.165, 1.54) is 10.6 Å². The fourth-order valence-corrected chi connectivity index (χ4v) is 3.57. The van der Waals surface area contributed by atoms with Gasteiger partial charge in [0.15, 0.2) is 0 Å². The van der Waals surface area contributed by atoms with Gasteiger partial charge in [-0.1, -0.05) is 31.2 Å². The third kappa shape index (κ3) is 4.95. The zero-order valence-electron chi connectivity index (χ0n) is 18.2. The van der Waals surface area contributed by atoms with Crippen molar-refractivity contribution in [3.63, 3.8) is 0 Å². The fraction of sp³-hybridized carbons (Fsp3) is 0.292. The maximum atomic E-state index is 12.8. The number of hydrogen-bond donors (Lipinski definition) is 2. The molecule has 3 rings (SSSR count). The molecule has 6 nitrogen and oxygen atoms in total. The molecule has 0 bridgehead atoms. The van der Waals surface area contributed by atoms with Crippen molar-refractivity contribution in [2.75, 3.05) is 10.6 Å². The van der Waals surface area contributed by atoms with Crippen LogP contribution in [0.25, 0.3) is 0 Å². The van der Waals surface area contributed by atoms with Gasteiger partial charge in [-0.2, -0.15) is 0 Å². The largest absolute Gasteiger partial charge is 0.325 e. The number of aromatic nitrogens is 2. The van der Waals surface area contributed by atoms with E-state index in [2.05, 4.69) is 21.7 Å². The lowest BCUT2D eigenvalue weighted by Gasteiger charge is -2.16. The van der Waals surface area contributed by atoms with E-state index in [1.807, 2.05) is 58.0 Å². The van der Waals surface area contributed by atoms with Crippen molar-refractivity contribution >= 4 is 23.2 Å². The predicted molar refractivity (Wildman–Crippen MR) is 122 cm³/mol. The van der Waals surface area contributed by atoms with E-state index >= 15 is 0 Å². The van der Waals surface area contributed by atoms with Crippen LogP contribution in [0.15, 0.2) is 47.3 Å². The standard InChI is InChI=1S/C24H28N4O2/c1-6-19-9-7-8-17(4)23(19)27-21(29)14-28-22(30)13-18(5)25-24(28)26-20-11-15(2)10-16(3)12-20/h7-13H,6,14H2,1-5H3,(H,25,26)(H,27,29). The van der Waals surface area contributed by atoms with Crippen molar-refractivity contribution in [2.45, 2.75) is 47.6 Å². The van der Waals surface area contributed by atoms with Crippen LogP contribution >= 0.6 is 0 Å². The summed E-state index contributed by atoms with van der Waals surface area (Å²) in [5.74, 6) is 0.0795. The van der Waals surface area contributed by atoms with Gasteiger partial charge in [0.25, 0.3) is 5.56 Å². The van der Waals surface area contributed by atoms with Crippen LogP contribution in [0.2, 0.25) is 0 Å². The van der Waals surface area contributed by atoms with Crippen molar-refractivity contribution in [3.8, 4) is 0 Å². The third-order valence-electron chi connectivity index (χ3n) is 4.92. The molecule has 1 aromatic heterocycles. The molecule has 0 saturated heterocycles. The van der Waals surface area contributed by atoms with E-state index < -0.39 is 0 Å². The molecule has 0 aliphatic rings. The molecule has 0 unspecified atom stereocenters. The van der Waals surface area contributed by atoms with Crippen molar-refractivity contribution in [1.29, 1.82) is 0 Å². The first-order valence-electron chi connectivity index (χ1n) is 10.1. The summed E-state index contributed by atoms with van der Waals surface area (Å²) in [6.07, 6.45) is 0.808. The maximum Gasteiger partial charge on any atom is 0.255 e. The summed E-state index contributed by atoms with van der Waals surface area (Å²) in [5.41, 5.74) is 6.21. The maximum absolute atomic E-state index is 12.8. The lowest BCUT2D eigenvalue weighted by molar-refractivity contribution is -0.116. The minimum Gasteiger partial charge on any atom is -0.325 e. The monoisotopic (exact) mass is 404 g/mol. The van der Waals surface area contributed by atoms with Crippen molar-refractivity contribution in [1.82, 2.24) is 9.55 Å². The van der Waals surface area contributed by atoms with E-state index in [9.17, 15) is 9.59 Å². The Morgan fingerprint density at radius 3 is 2.40 bits per heavy atom. The fourth-order valence-electron chi connectivity index (χ4n) is 3.57. The van der Waals surface area contributed by atoms with Gasteiger partial charge in [-0.3, -0.25) is 14.2 Å². The van der Waals surface area contributed by atoms with Crippen LogP contribution in [0.4, 0.5) is 17.3 Å². The van der Waals surface area contributed by atoms with Gasteiger partial charge in [0.2, 0.25) is 11.9 Å². The van der Waals surface area contributed by atoms with Crippen LogP contribution in [-0.2, 0) is 17.8 Å².